The van der Waals surface area contributed by atoms with Gasteiger partial charge < -0.3 is 18.3 Å². The first-order chi connectivity index (χ1) is 28.8. The van der Waals surface area contributed by atoms with E-state index in [1.54, 1.807) is 0 Å². The lowest BCUT2D eigenvalue weighted by atomic mass is 9.97. The normalized spacial score (nSPS) is 11.8. The molecule has 0 atom stereocenters. The minimum atomic E-state index is 0.845. The zero-order valence-electron chi connectivity index (χ0n) is 31.3. The van der Waals surface area contributed by atoms with E-state index in [0.717, 1.165) is 88.8 Å². The van der Waals surface area contributed by atoms with E-state index in [9.17, 15) is 0 Å². The van der Waals surface area contributed by atoms with Crippen molar-refractivity contribution >= 4 is 82.7 Å². The van der Waals surface area contributed by atoms with Crippen LogP contribution >= 0.6 is 0 Å². The van der Waals surface area contributed by atoms with Crippen LogP contribution in [0.5, 0.6) is 0 Å². The Labute approximate surface area is 334 Å². The molecule has 0 aliphatic heterocycles. The van der Waals surface area contributed by atoms with E-state index >= 15 is 0 Å². The minimum Gasteiger partial charge on any atom is -0.456 e. The summed E-state index contributed by atoms with van der Waals surface area (Å²) in [5.41, 5.74) is 14.3. The van der Waals surface area contributed by atoms with Crippen LogP contribution in [0.2, 0.25) is 0 Å². The van der Waals surface area contributed by atoms with Gasteiger partial charge in [0.05, 0.1) is 11.2 Å². The number of hydrogen-bond donors (Lipinski definition) is 0. The van der Waals surface area contributed by atoms with Crippen LogP contribution in [-0.4, -0.2) is 4.57 Å². The topological polar surface area (TPSA) is 34.5 Å². The molecule has 0 fully saturated rings. The maximum atomic E-state index is 7.04. The van der Waals surface area contributed by atoms with Crippen molar-refractivity contribution in [2.75, 3.05) is 4.90 Å². The number of furan rings is 2. The van der Waals surface area contributed by atoms with Gasteiger partial charge in [-0.05, 0) is 88.6 Å². The van der Waals surface area contributed by atoms with E-state index in [4.69, 9.17) is 8.83 Å². The average Bonchev–Trinajstić information content (AvgIpc) is 3.96. The third kappa shape index (κ3) is 4.95. The largest absolute Gasteiger partial charge is 0.456 e. The molecule has 272 valence electrons. The highest BCUT2D eigenvalue weighted by molar-refractivity contribution is 6.19. The van der Waals surface area contributed by atoms with Crippen LogP contribution < -0.4 is 4.90 Å². The molecule has 0 N–H and O–H groups in total. The van der Waals surface area contributed by atoms with Gasteiger partial charge in [-0.3, -0.25) is 0 Å². The predicted octanol–water partition coefficient (Wildman–Crippen LogP) is 15.4. The second kappa shape index (κ2) is 12.9. The van der Waals surface area contributed by atoms with Crippen molar-refractivity contribution in [1.82, 2.24) is 4.57 Å². The monoisotopic (exact) mass is 742 g/mol. The summed E-state index contributed by atoms with van der Waals surface area (Å²) >= 11 is 0. The number of rotatable bonds is 6. The van der Waals surface area contributed by atoms with Crippen LogP contribution in [0.4, 0.5) is 17.1 Å². The maximum absolute atomic E-state index is 7.04. The molecule has 0 spiro atoms. The number of anilines is 3. The van der Waals surface area contributed by atoms with Gasteiger partial charge in [-0.2, -0.15) is 0 Å². The minimum absolute atomic E-state index is 0.845. The molecular formula is C54H34N2O2. The Kier molecular flexibility index (Phi) is 7.20. The Hall–Kier alpha value is -7.82. The van der Waals surface area contributed by atoms with Crippen LogP contribution in [0.1, 0.15) is 0 Å². The third-order valence-electron chi connectivity index (χ3n) is 11.6. The van der Waals surface area contributed by atoms with Gasteiger partial charge >= 0.3 is 0 Å². The summed E-state index contributed by atoms with van der Waals surface area (Å²) in [6, 6.07) is 73.1. The second-order valence-corrected chi connectivity index (χ2v) is 14.9. The highest BCUT2D eigenvalue weighted by Crippen LogP contribution is 2.47. The number of hydrogen-bond acceptors (Lipinski definition) is 3. The lowest BCUT2D eigenvalue weighted by molar-refractivity contribution is 0.669. The maximum Gasteiger partial charge on any atom is 0.161 e. The summed E-state index contributed by atoms with van der Waals surface area (Å²) in [7, 11) is 0. The van der Waals surface area contributed by atoms with Gasteiger partial charge in [-0.25, -0.2) is 0 Å². The molecule has 0 radical (unpaired) electrons. The van der Waals surface area contributed by atoms with Crippen LogP contribution in [0.15, 0.2) is 215 Å². The van der Waals surface area contributed by atoms with Crippen molar-refractivity contribution in [3.63, 3.8) is 0 Å². The third-order valence-corrected chi connectivity index (χ3v) is 11.6. The van der Waals surface area contributed by atoms with E-state index in [2.05, 4.69) is 204 Å². The molecular weight excluding hydrogens is 709 g/mol. The summed E-state index contributed by atoms with van der Waals surface area (Å²) < 4.78 is 15.8. The number of nitrogens with zero attached hydrogens (tertiary/aromatic N) is 2. The van der Waals surface area contributed by atoms with Crippen LogP contribution in [-0.2, 0) is 0 Å². The lowest BCUT2D eigenvalue weighted by Crippen LogP contribution is -2.11. The fourth-order valence-corrected chi connectivity index (χ4v) is 8.99. The Morgan fingerprint density at radius 1 is 0.379 bits per heavy atom. The number of aromatic nitrogens is 1. The molecule has 3 aromatic heterocycles. The van der Waals surface area contributed by atoms with Gasteiger partial charge in [0.1, 0.15) is 22.3 Å². The Bertz CT molecular complexity index is 3510. The molecule has 0 bridgehead atoms. The number of para-hydroxylation sites is 5. The molecule has 0 unspecified atom stereocenters. The second-order valence-electron chi connectivity index (χ2n) is 14.9. The van der Waals surface area contributed by atoms with Crippen LogP contribution in [0, 0.1) is 0 Å². The van der Waals surface area contributed by atoms with Crippen molar-refractivity contribution in [3.05, 3.63) is 206 Å². The summed E-state index contributed by atoms with van der Waals surface area (Å²) in [5.74, 6) is 0. The summed E-state index contributed by atoms with van der Waals surface area (Å²) in [6.07, 6.45) is 0. The van der Waals surface area contributed by atoms with Crippen molar-refractivity contribution < 1.29 is 8.83 Å². The quantitative estimate of drug-likeness (QED) is 0.170. The first kappa shape index (κ1) is 32.4. The van der Waals surface area contributed by atoms with Gasteiger partial charge in [0.25, 0.3) is 0 Å². The first-order valence-corrected chi connectivity index (χ1v) is 19.7. The number of benzene rings is 9. The fourth-order valence-electron chi connectivity index (χ4n) is 8.99. The molecule has 0 saturated carbocycles. The van der Waals surface area contributed by atoms with Crippen molar-refractivity contribution in [3.8, 4) is 27.9 Å². The molecule has 4 nitrogen and oxygen atoms in total. The van der Waals surface area contributed by atoms with Crippen LogP contribution in [0.3, 0.4) is 0 Å². The van der Waals surface area contributed by atoms with Gasteiger partial charge in [-0.1, -0.05) is 133 Å². The van der Waals surface area contributed by atoms with Gasteiger partial charge in [-0.15, -0.1) is 0 Å². The van der Waals surface area contributed by atoms with E-state index < -0.39 is 0 Å². The SMILES string of the molecule is c1ccc(-n2c3ccccc3c3oc4c(-c5ccccc5N(c5ccc(-c6cccc7ccccc67)cc5)c5ccc6c(c5)oc5ccccc56)cccc4c32)cc1. The molecule has 58 heavy (non-hydrogen) atoms. The molecule has 12 aromatic rings. The van der Waals surface area contributed by atoms with Crippen LogP contribution in [0.25, 0.3) is 93.6 Å². The zero-order chi connectivity index (χ0) is 38.2. The van der Waals surface area contributed by atoms with Crippen molar-refractivity contribution in [2.45, 2.75) is 0 Å². The average molecular weight is 743 g/mol. The molecule has 0 aliphatic rings. The molecule has 3 heterocycles. The standard InChI is InChI=1S/C54H34N2O2/c1-2-16-37(17-3-1)56-49-26-10-7-21-46(49)54-52(56)47-24-13-23-45(53(47)58-54)42-19-6-9-25-48(42)55(39-32-33-44-43-20-8-11-27-50(43)57-51(44)34-39)38-30-28-36(29-31-38)41-22-12-15-35-14-4-5-18-40(35)41/h1-34H. The summed E-state index contributed by atoms with van der Waals surface area (Å²) in [5, 5.41) is 6.83. The van der Waals surface area contributed by atoms with Crippen molar-refractivity contribution in [2.24, 2.45) is 0 Å². The fraction of sp³-hybridized carbons (Fsp3) is 0. The highest BCUT2D eigenvalue weighted by Gasteiger charge is 2.24. The smallest absolute Gasteiger partial charge is 0.161 e. The molecule has 0 saturated heterocycles. The Morgan fingerprint density at radius 2 is 1.02 bits per heavy atom. The highest BCUT2D eigenvalue weighted by atomic mass is 16.3. The Morgan fingerprint density at radius 3 is 1.91 bits per heavy atom. The molecule has 0 aliphatic carbocycles. The number of fused-ring (bicyclic) bond motifs is 9. The first-order valence-electron chi connectivity index (χ1n) is 19.7. The lowest BCUT2D eigenvalue weighted by Gasteiger charge is -2.28. The van der Waals surface area contributed by atoms with E-state index in [0.29, 0.717) is 0 Å². The zero-order valence-corrected chi connectivity index (χ0v) is 31.3. The van der Waals surface area contributed by atoms with E-state index in [1.807, 2.05) is 12.1 Å². The summed E-state index contributed by atoms with van der Waals surface area (Å²) in [6.45, 7) is 0. The van der Waals surface area contributed by atoms with Gasteiger partial charge in [0.2, 0.25) is 0 Å². The molecule has 0 amide bonds. The van der Waals surface area contributed by atoms with Crippen molar-refractivity contribution in [1.29, 1.82) is 0 Å². The molecule has 12 rings (SSSR count). The predicted molar refractivity (Wildman–Crippen MR) is 241 cm³/mol. The Balaban J connectivity index is 1.08. The van der Waals surface area contributed by atoms with Gasteiger partial charge in [0.15, 0.2) is 5.58 Å². The summed E-state index contributed by atoms with van der Waals surface area (Å²) in [4.78, 5) is 2.34. The van der Waals surface area contributed by atoms with E-state index in [-0.39, 0.29) is 0 Å². The van der Waals surface area contributed by atoms with E-state index in [1.165, 1.54) is 21.9 Å². The van der Waals surface area contributed by atoms with Gasteiger partial charge in [0, 0.05) is 55.8 Å². The molecule has 9 aromatic carbocycles. The molecule has 4 heteroatoms.